The standard InChI is InChI=1S/C16H17F2N3/c17-15-11(9-19)5-6-14(16(15)18)21-8-2-4-13(21)12-3-1-7-20-10-12/h1,3,5-7,10,13H,2,4,8-9,19H2. The highest BCUT2D eigenvalue weighted by Crippen LogP contribution is 2.37. The van der Waals surface area contributed by atoms with Crippen LogP contribution in [-0.4, -0.2) is 11.5 Å². The van der Waals surface area contributed by atoms with E-state index in [1.807, 2.05) is 17.0 Å². The topological polar surface area (TPSA) is 42.1 Å². The lowest BCUT2D eigenvalue weighted by Gasteiger charge is -2.27. The van der Waals surface area contributed by atoms with Crippen molar-refractivity contribution in [3.05, 3.63) is 59.4 Å². The number of rotatable bonds is 3. The third-order valence-corrected chi connectivity index (χ3v) is 3.99. The lowest BCUT2D eigenvalue weighted by atomic mass is 10.1. The van der Waals surface area contributed by atoms with Crippen LogP contribution in [0.25, 0.3) is 0 Å². The van der Waals surface area contributed by atoms with Crippen LogP contribution in [0.3, 0.4) is 0 Å². The molecule has 3 rings (SSSR count). The number of benzene rings is 1. The van der Waals surface area contributed by atoms with Gasteiger partial charge in [-0.15, -0.1) is 0 Å². The normalized spacial score (nSPS) is 18.2. The molecule has 0 spiro atoms. The third kappa shape index (κ3) is 2.49. The van der Waals surface area contributed by atoms with Gasteiger partial charge in [-0.05, 0) is 30.5 Å². The molecule has 3 nitrogen and oxygen atoms in total. The van der Waals surface area contributed by atoms with E-state index in [0.717, 1.165) is 18.4 Å². The zero-order valence-electron chi connectivity index (χ0n) is 11.6. The van der Waals surface area contributed by atoms with Gasteiger partial charge in [0.2, 0.25) is 0 Å². The average Bonchev–Trinajstić information content (AvgIpc) is 3.00. The minimum Gasteiger partial charge on any atom is -0.362 e. The van der Waals surface area contributed by atoms with Crippen molar-refractivity contribution < 1.29 is 8.78 Å². The van der Waals surface area contributed by atoms with Crippen LogP contribution in [-0.2, 0) is 6.54 Å². The van der Waals surface area contributed by atoms with E-state index in [1.165, 1.54) is 0 Å². The molecule has 1 aliphatic heterocycles. The van der Waals surface area contributed by atoms with Crippen molar-refractivity contribution in [3.8, 4) is 0 Å². The van der Waals surface area contributed by atoms with E-state index in [9.17, 15) is 8.78 Å². The molecule has 0 radical (unpaired) electrons. The van der Waals surface area contributed by atoms with Crippen LogP contribution in [0, 0.1) is 11.6 Å². The monoisotopic (exact) mass is 289 g/mol. The predicted octanol–water partition coefficient (Wildman–Crippen LogP) is 3.16. The molecule has 1 aliphatic rings. The molecular weight excluding hydrogens is 272 g/mol. The molecule has 1 atom stereocenters. The number of nitrogens with two attached hydrogens (primary N) is 1. The highest BCUT2D eigenvalue weighted by atomic mass is 19.2. The molecule has 1 aromatic carbocycles. The van der Waals surface area contributed by atoms with E-state index in [2.05, 4.69) is 4.98 Å². The molecule has 21 heavy (non-hydrogen) atoms. The lowest BCUT2D eigenvalue weighted by molar-refractivity contribution is 0.495. The fourth-order valence-electron chi connectivity index (χ4n) is 2.93. The summed E-state index contributed by atoms with van der Waals surface area (Å²) in [5.41, 5.74) is 6.94. The molecule has 1 fully saturated rings. The lowest BCUT2D eigenvalue weighted by Crippen LogP contribution is -2.24. The summed E-state index contributed by atoms with van der Waals surface area (Å²) in [7, 11) is 0. The second-order valence-electron chi connectivity index (χ2n) is 5.21. The van der Waals surface area contributed by atoms with E-state index in [0.29, 0.717) is 12.2 Å². The zero-order chi connectivity index (χ0) is 14.8. The van der Waals surface area contributed by atoms with Crippen molar-refractivity contribution in [2.45, 2.75) is 25.4 Å². The summed E-state index contributed by atoms with van der Waals surface area (Å²) < 4.78 is 28.3. The Morgan fingerprint density at radius 3 is 2.81 bits per heavy atom. The summed E-state index contributed by atoms with van der Waals surface area (Å²) in [6, 6.07) is 7.05. The van der Waals surface area contributed by atoms with Gasteiger partial charge in [-0.2, -0.15) is 0 Å². The number of pyridine rings is 1. The van der Waals surface area contributed by atoms with Gasteiger partial charge >= 0.3 is 0 Å². The summed E-state index contributed by atoms with van der Waals surface area (Å²) in [5, 5.41) is 0. The smallest absolute Gasteiger partial charge is 0.182 e. The molecule has 0 aliphatic carbocycles. The van der Waals surface area contributed by atoms with Crippen LogP contribution in [0.5, 0.6) is 0 Å². The van der Waals surface area contributed by atoms with Crippen LogP contribution in [0.2, 0.25) is 0 Å². The Hall–Kier alpha value is -2.01. The number of nitrogens with zero attached hydrogens (tertiary/aromatic N) is 2. The van der Waals surface area contributed by atoms with E-state index in [4.69, 9.17) is 5.73 Å². The molecule has 0 amide bonds. The van der Waals surface area contributed by atoms with Gasteiger partial charge in [0.05, 0.1) is 11.7 Å². The van der Waals surface area contributed by atoms with Crippen molar-refractivity contribution in [1.82, 2.24) is 4.98 Å². The Labute approximate surface area is 122 Å². The van der Waals surface area contributed by atoms with Gasteiger partial charge in [0.25, 0.3) is 0 Å². The molecular formula is C16H17F2N3. The quantitative estimate of drug-likeness (QED) is 0.943. The van der Waals surface area contributed by atoms with Crippen molar-refractivity contribution in [2.24, 2.45) is 5.73 Å². The largest absolute Gasteiger partial charge is 0.362 e. The first-order valence-corrected chi connectivity index (χ1v) is 7.06. The Balaban J connectivity index is 1.98. The van der Waals surface area contributed by atoms with Crippen LogP contribution in [0.15, 0.2) is 36.7 Å². The van der Waals surface area contributed by atoms with Crippen molar-refractivity contribution in [2.75, 3.05) is 11.4 Å². The number of hydrogen-bond acceptors (Lipinski definition) is 3. The zero-order valence-corrected chi connectivity index (χ0v) is 11.6. The van der Waals surface area contributed by atoms with Crippen molar-refractivity contribution in [1.29, 1.82) is 0 Å². The Morgan fingerprint density at radius 2 is 2.10 bits per heavy atom. The predicted molar refractivity (Wildman–Crippen MR) is 77.8 cm³/mol. The fraction of sp³-hybridized carbons (Fsp3) is 0.312. The van der Waals surface area contributed by atoms with E-state index in [-0.39, 0.29) is 18.2 Å². The van der Waals surface area contributed by atoms with Gasteiger partial charge in [-0.1, -0.05) is 12.1 Å². The molecule has 110 valence electrons. The summed E-state index contributed by atoms with van der Waals surface area (Å²) in [6.07, 6.45) is 5.34. The van der Waals surface area contributed by atoms with Crippen molar-refractivity contribution >= 4 is 5.69 Å². The Bertz CT molecular complexity index is 631. The minimum atomic E-state index is -0.841. The summed E-state index contributed by atoms with van der Waals surface area (Å²) in [6.45, 7) is 0.701. The first kappa shape index (κ1) is 13.9. The SMILES string of the molecule is NCc1ccc(N2CCCC2c2cccnc2)c(F)c1F. The average molecular weight is 289 g/mol. The van der Waals surface area contributed by atoms with Gasteiger partial charge in [0, 0.05) is 31.0 Å². The second kappa shape index (κ2) is 5.77. The summed E-state index contributed by atoms with van der Waals surface area (Å²) in [4.78, 5) is 6.03. The van der Waals surface area contributed by atoms with E-state index < -0.39 is 11.6 Å². The maximum atomic E-state index is 14.3. The fourth-order valence-corrected chi connectivity index (χ4v) is 2.93. The summed E-state index contributed by atoms with van der Waals surface area (Å²) in [5.74, 6) is -1.65. The Kier molecular flexibility index (Phi) is 3.84. The number of halogens is 2. The van der Waals surface area contributed by atoms with Crippen LogP contribution < -0.4 is 10.6 Å². The first-order chi connectivity index (χ1) is 10.2. The number of hydrogen-bond donors (Lipinski definition) is 1. The highest BCUT2D eigenvalue weighted by molar-refractivity contribution is 5.53. The number of anilines is 1. The van der Waals surface area contributed by atoms with Crippen LogP contribution >= 0.6 is 0 Å². The Morgan fingerprint density at radius 1 is 1.24 bits per heavy atom. The van der Waals surface area contributed by atoms with E-state index in [1.54, 1.807) is 24.5 Å². The van der Waals surface area contributed by atoms with Crippen LogP contribution in [0.1, 0.15) is 30.0 Å². The molecule has 1 aromatic heterocycles. The van der Waals surface area contributed by atoms with Gasteiger partial charge in [0.1, 0.15) is 0 Å². The maximum absolute atomic E-state index is 14.3. The first-order valence-electron chi connectivity index (χ1n) is 7.06. The third-order valence-electron chi connectivity index (χ3n) is 3.99. The molecule has 0 bridgehead atoms. The van der Waals surface area contributed by atoms with Crippen LogP contribution in [0.4, 0.5) is 14.5 Å². The molecule has 2 N–H and O–H groups in total. The molecule has 0 saturated carbocycles. The molecule has 2 heterocycles. The molecule has 2 aromatic rings. The van der Waals surface area contributed by atoms with Crippen molar-refractivity contribution in [3.63, 3.8) is 0 Å². The molecule has 1 unspecified atom stereocenters. The van der Waals surface area contributed by atoms with Gasteiger partial charge in [-0.25, -0.2) is 8.78 Å². The second-order valence-corrected chi connectivity index (χ2v) is 5.21. The summed E-state index contributed by atoms with van der Waals surface area (Å²) >= 11 is 0. The van der Waals surface area contributed by atoms with E-state index >= 15 is 0 Å². The molecule has 1 saturated heterocycles. The minimum absolute atomic E-state index is 0.00489. The van der Waals surface area contributed by atoms with Gasteiger partial charge in [-0.3, -0.25) is 4.98 Å². The number of aromatic nitrogens is 1. The van der Waals surface area contributed by atoms with Gasteiger partial charge in [0.15, 0.2) is 11.6 Å². The highest BCUT2D eigenvalue weighted by Gasteiger charge is 2.29. The molecule has 5 heteroatoms. The van der Waals surface area contributed by atoms with Gasteiger partial charge < -0.3 is 10.6 Å². The maximum Gasteiger partial charge on any atom is 0.182 e.